The minimum Gasteiger partial charge on any atom is -0.373 e. The average molecular weight is 393 g/mol. The molecule has 2 N–H and O–H groups in total. The maximum absolute atomic E-state index is 13.8. The first-order valence-electron chi connectivity index (χ1n) is 8.85. The third-order valence-corrected chi connectivity index (χ3v) is 6.33. The lowest BCUT2D eigenvalue weighted by Gasteiger charge is -2.19. The number of hydrogen-bond donors (Lipinski definition) is 2. The van der Waals surface area contributed by atoms with E-state index in [1.54, 1.807) is 19.2 Å². The highest BCUT2D eigenvalue weighted by molar-refractivity contribution is 7.88. The normalized spacial score (nSPS) is 17.4. The second kappa shape index (κ2) is 8.28. The van der Waals surface area contributed by atoms with Gasteiger partial charge in [-0.15, -0.1) is 0 Å². The Morgan fingerprint density at radius 1 is 1.33 bits per heavy atom. The first-order chi connectivity index (χ1) is 12.9. The van der Waals surface area contributed by atoms with Crippen LogP contribution in [0.15, 0.2) is 30.3 Å². The minimum absolute atomic E-state index is 0.0809. The van der Waals surface area contributed by atoms with Crippen molar-refractivity contribution in [3.05, 3.63) is 53.2 Å². The van der Waals surface area contributed by atoms with Gasteiger partial charge in [0.1, 0.15) is 17.5 Å². The zero-order chi connectivity index (χ0) is 19.4. The number of rotatable bonds is 7. The molecule has 1 fully saturated rings. The molecule has 0 bridgehead atoms. The van der Waals surface area contributed by atoms with Gasteiger partial charge in [-0.25, -0.2) is 22.8 Å². The molecule has 0 aliphatic carbocycles. The summed E-state index contributed by atoms with van der Waals surface area (Å²) < 4.78 is 40.3. The van der Waals surface area contributed by atoms with Gasteiger partial charge in [0.2, 0.25) is 10.0 Å². The highest BCUT2D eigenvalue weighted by atomic mass is 32.2. The molecule has 3 rings (SSSR count). The molecule has 1 aliphatic rings. The Morgan fingerprint density at radius 3 is 2.78 bits per heavy atom. The van der Waals surface area contributed by atoms with Crippen LogP contribution in [0.25, 0.3) is 0 Å². The maximum Gasteiger partial charge on any atom is 0.218 e. The average Bonchev–Trinajstić information content (AvgIpc) is 3.18. The van der Waals surface area contributed by atoms with Crippen molar-refractivity contribution < 1.29 is 12.8 Å². The van der Waals surface area contributed by atoms with Crippen LogP contribution in [0.2, 0.25) is 0 Å². The van der Waals surface area contributed by atoms with Gasteiger partial charge in [-0.2, -0.15) is 4.31 Å². The molecule has 7 nitrogen and oxygen atoms in total. The highest BCUT2D eigenvalue weighted by Crippen LogP contribution is 2.22. The monoisotopic (exact) mass is 393 g/mol. The van der Waals surface area contributed by atoms with Crippen LogP contribution in [0.1, 0.15) is 36.0 Å². The Balaban J connectivity index is 1.79. The van der Waals surface area contributed by atoms with E-state index in [2.05, 4.69) is 20.6 Å². The summed E-state index contributed by atoms with van der Waals surface area (Å²) in [4.78, 5) is 9.03. The fourth-order valence-corrected chi connectivity index (χ4v) is 4.21. The molecule has 1 aromatic heterocycles. The van der Waals surface area contributed by atoms with E-state index >= 15 is 0 Å². The number of nitrogens with one attached hydrogen (secondary N) is 2. The summed E-state index contributed by atoms with van der Waals surface area (Å²) in [5.74, 6) is 0.387. The van der Waals surface area contributed by atoms with Crippen LogP contribution in [0, 0.1) is 5.82 Å². The molecule has 0 spiro atoms. The summed E-state index contributed by atoms with van der Waals surface area (Å²) in [6, 6.07) is 7.71. The second-order valence-corrected chi connectivity index (χ2v) is 8.68. The minimum atomic E-state index is -3.69. The molecule has 0 unspecified atom stereocenters. The number of nitrogens with zero attached hydrogens (tertiary/aromatic N) is 3. The molecule has 0 amide bonds. The van der Waals surface area contributed by atoms with Crippen LogP contribution in [-0.4, -0.2) is 43.3 Å². The van der Waals surface area contributed by atoms with Crippen molar-refractivity contribution in [3.63, 3.8) is 0 Å². The molecule has 1 saturated heterocycles. The van der Waals surface area contributed by atoms with Gasteiger partial charge in [-0.1, -0.05) is 18.2 Å². The Morgan fingerprint density at radius 2 is 2.11 bits per heavy atom. The van der Waals surface area contributed by atoms with Crippen LogP contribution in [-0.2, 0) is 22.3 Å². The predicted octanol–water partition coefficient (Wildman–Crippen LogP) is 2.04. The van der Waals surface area contributed by atoms with E-state index in [1.165, 1.54) is 29.6 Å². The van der Waals surface area contributed by atoms with E-state index in [-0.39, 0.29) is 18.2 Å². The van der Waals surface area contributed by atoms with Gasteiger partial charge >= 0.3 is 0 Å². The number of halogens is 1. The van der Waals surface area contributed by atoms with Gasteiger partial charge in [0.15, 0.2) is 0 Å². The van der Waals surface area contributed by atoms with E-state index in [0.717, 1.165) is 19.4 Å². The molecule has 146 valence electrons. The number of anilines is 1. The molecule has 1 atom stereocenters. The SMILES string of the molecule is CNc1cc(CN(C)S(=O)(=O)Cc2ccccc2F)nc([C@@H]2CCCN2)n1. The van der Waals surface area contributed by atoms with E-state index in [1.807, 2.05) is 0 Å². The van der Waals surface area contributed by atoms with Gasteiger partial charge < -0.3 is 10.6 Å². The molecular weight excluding hydrogens is 369 g/mol. The topological polar surface area (TPSA) is 87.2 Å². The first kappa shape index (κ1) is 19.7. The van der Waals surface area contributed by atoms with Crippen LogP contribution in [0.3, 0.4) is 0 Å². The Labute approximate surface area is 159 Å². The molecule has 0 radical (unpaired) electrons. The van der Waals surface area contributed by atoms with E-state index in [0.29, 0.717) is 17.3 Å². The zero-order valence-corrected chi connectivity index (χ0v) is 16.3. The highest BCUT2D eigenvalue weighted by Gasteiger charge is 2.23. The summed E-state index contributed by atoms with van der Waals surface area (Å²) in [6.07, 6.45) is 2.01. The lowest BCUT2D eigenvalue weighted by Crippen LogP contribution is -2.29. The molecule has 0 saturated carbocycles. The fraction of sp³-hybridized carbons (Fsp3) is 0.444. The molecule has 1 aromatic carbocycles. The Kier molecular flexibility index (Phi) is 6.03. The lowest BCUT2D eigenvalue weighted by molar-refractivity contribution is 0.457. The predicted molar refractivity (Wildman–Crippen MR) is 102 cm³/mol. The molecule has 2 aromatic rings. The summed E-state index contributed by atoms with van der Waals surface area (Å²) in [7, 11) is -0.451. The Hall–Kier alpha value is -2.10. The number of benzene rings is 1. The molecule has 1 aliphatic heterocycles. The summed E-state index contributed by atoms with van der Waals surface area (Å²) >= 11 is 0. The third kappa shape index (κ3) is 4.79. The van der Waals surface area contributed by atoms with Gasteiger partial charge in [0.25, 0.3) is 0 Å². The quantitative estimate of drug-likeness (QED) is 0.749. The summed E-state index contributed by atoms with van der Waals surface area (Å²) in [5.41, 5.74) is 0.747. The van der Waals surface area contributed by atoms with Crippen molar-refractivity contribution in [1.29, 1.82) is 0 Å². The van der Waals surface area contributed by atoms with Crippen LogP contribution in [0.4, 0.5) is 10.2 Å². The van der Waals surface area contributed by atoms with Crippen molar-refractivity contribution >= 4 is 15.8 Å². The molecule has 2 heterocycles. The largest absolute Gasteiger partial charge is 0.373 e. The Bertz CT molecular complexity index is 900. The fourth-order valence-electron chi connectivity index (χ4n) is 3.04. The molecular formula is C18H24FN5O2S. The van der Waals surface area contributed by atoms with Crippen LogP contribution < -0.4 is 10.6 Å². The van der Waals surface area contributed by atoms with Crippen LogP contribution in [0.5, 0.6) is 0 Å². The van der Waals surface area contributed by atoms with Gasteiger partial charge in [0.05, 0.1) is 24.0 Å². The van der Waals surface area contributed by atoms with Gasteiger partial charge in [-0.3, -0.25) is 0 Å². The van der Waals surface area contributed by atoms with Crippen molar-refractivity contribution in [3.8, 4) is 0 Å². The number of aromatic nitrogens is 2. The maximum atomic E-state index is 13.8. The van der Waals surface area contributed by atoms with E-state index in [9.17, 15) is 12.8 Å². The molecule has 9 heteroatoms. The second-order valence-electron chi connectivity index (χ2n) is 6.61. The third-order valence-electron chi connectivity index (χ3n) is 4.58. The summed E-state index contributed by atoms with van der Waals surface area (Å²) in [5, 5.41) is 6.34. The van der Waals surface area contributed by atoms with Crippen LogP contribution >= 0.6 is 0 Å². The van der Waals surface area contributed by atoms with E-state index in [4.69, 9.17) is 0 Å². The van der Waals surface area contributed by atoms with Crippen molar-refractivity contribution in [2.45, 2.75) is 31.2 Å². The standard InChI is InChI=1S/C18H24FN5O2S/c1-20-17-10-14(22-18(23-17)16-8-5-9-21-16)11-24(2)27(25,26)12-13-6-3-4-7-15(13)19/h3-4,6-7,10,16,21H,5,8-9,11-12H2,1-2H3,(H,20,22,23)/t16-/m0/s1. The van der Waals surface area contributed by atoms with Crippen molar-refractivity contribution in [2.75, 3.05) is 26.0 Å². The molecule has 27 heavy (non-hydrogen) atoms. The van der Waals surface area contributed by atoms with Gasteiger partial charge in [-0.05, 0) is 25.5 Å². The smallest absolute Gasteiger partial charge is 0.218 e. The number of sulfonamides is 1. The lowest BCUT2D eigenvalue weighted by atomic mass is 10.2. The van der Waals surface area contributed by atoms with Gasteiger partial charge in [0, 0.05) is 25.7 Å². The first-order valence-corrected chi connectivity index (χ1v) is 10.5. The van der Waals surface area contributed by atoms with Crippen molar-refractivity contribution in [2.24, 2.45) is 0 Å². The number of hydrogen-bond acceptors (Lipinski definition) is 6. The zero-order valence-electron chi connectivity index (χ0n) is 15.4. The summed E-state index contributed by atoms with van der Waals surface area (Å²) in [6.45, 7) is 1.01. The van der Waals surface area contributed by atoms with E-state index < -0.39 is 21.6 Å². The van der Waals surface area contributed by atoms with Crippen molar-refractivity contribution in [1.82, 2.24) is 19.6 Å².